The van der Waals surface area contributed by atoms with Crippen molar-refractivity contribution in [3.8, 4) is 0 Å². The van der Waals surface area contributed by atoms with Crippen LogP contribution in [0, 0.1) is 6.92 Å². The lowest BCUT2D eigenvalue weighted by molar-refractivity contribution is 0.0698. The minimum atomic E-state index is -3.82. The molecule has 0 bridgehead atoms. The van der Waals surface area contributed by atoms with Crippen LogP contribution in [0.15, 0.2) is 33.1 Å². The predicted octanol–water partition coefficient (Wildman–Crippen LogP) is 2.26. The first-order valence-electron chi connectivity index (χ1n) is 6.25. The number of hydrogen-bond donors (Lipinski definition) is 2. The fraction of sp³-hybridized carbons (Fsp3) is 0.308. The van der Waals surface area contributed by atoms with Gasteiger partial charge in [-0.15, -0.1) is 11.3 Å². The van der Waals surface area contributed by atoms with Gasteiger partial charge in [0.2, 0.25) is 10.0 Å². The third-order valence-corrected chi connectivity index (χ3v) is 5.72. The van der Waals surface area contributed by atoms with Gasteiger partial charge < -0.3 is 9.52 Å². The van der Waals surface area contributed by atoms with E-state index in [0.29, 0.717) is 18.4 Å². The van der Waals surface area contributed by atoms with E-state index in [-0.39, 0.29) is 16.3 Å². The highest BCUT2D eigenvalue weighted by Gasteiger charge is 2.26. The lowest BCUT2D eigenvalue weighted by Crippen LogP contribution is -2.26. The Bertz CT molecular complexity index is 716. The Hall–Kier alpha value is -1.64. The molecule has 2 aromatic rings. The maximum absolute atomic E-state index is 12.2. The number of furan rings is 1. The number of sulfonamides is 1. The fourth-order valence-corrected chi connectivity index (χ4v) is 4.61. The molecule has 2 N–H and O–H groups in total. The van der Waals surface area contributed by atoms with Gasteiger partial charge in [-0.2, -0.15) is 0 Å². The van der Waals surface area contributed by atoms with Gasteiger partial charge in [0.1, 0.15) is 15.5 Å². The fourth-order valence-electron chi connectivity index (χ4n) is 1.91. The number of rotatable bonds is 7. The second kappa shape index (κ2) is 6.42. The summed E-state index contributed by atoms with van der Waals surface area (Å²) >= 11 is 0.915. The molecule has 0 aliphatic heterocycles. The molecule has 0 spiro atoms. The molecule has 0 amide bonds. The number of carbonyl (C=O) groups is 1. The van der Waals surface area contributed by atoms with Gasteiger partial charge in [-0.3, -0.25) is 0 Å². The van der Waals surface area contributed by atoms with E-state index in [1.54, 1.807) is 19.3 Å². The minimum Gasteiger partial charge on any atom is -0.477 e. The topological polar surface area (TPSA) is 96.6 Å². The summed E-state index contributed by atoms with van der Waals surface area (Å²) in [4.78, 5) is 10.8. The van der Waals surface area contributed by atoms with Crippen LogP contribution in [-0.4, -0.2) is 26.0 Å². The number of carboxylic acids is 1. The molecule has 6 nitrogen and oxygen atoms in total. The first kappa shape index (κ1) is 15.7. The van der Waals surface area contributed by atoms with Crippen molar-refractivity contribution in [1.29, 1.82) is 0 Å². The van der Waals surface area contributed by atoms with Crippen molar-refractivity contribution in [3.05, 3.63) is 40.0 Å². The quantitative estimate of drug-likeness (QED) is 0.760. The van der Waals surface area contributed by atoms with Gasteiger partial charge in [0.15, 0.2) is 0 Å². The molecule has 2 rings (SSSR count). The Labute approximate surface area is 126 Å². The number of thiophene rings is 1. The van der Waals surface area contributed by atoms with Crippen LogP contribution in [-0.2, 0) is 16.4 Å². The van der Waals surface area contributed by atoms with Crippen molar-refractivity contribution in [2.45, 2.75) is 24.7 Å². The van der Waals surface area contributed by atoms with Gasteiger partial charge in [0.05, 0.1) is 6.26 Å². The van der Waals surface area contributed by atoms with Crippen molar-refractivity contribution in [3.63, 3.8) is 0 Å². The standard InChI is InChI=1S/C13H15NO5S2/c1-9-8-20-11(13(15)16)12(9)21(17,18)14-6-2-4-10-5-3-7-19-10/h3,5,7-8,14H,2,4,6H2,1H3,(H,15,16). The van der Waals surface area contributed by atoms with E-state index in [2.05, 4.69) is 4.72 Å². The molecule has 2 heterocycles. The minimum absolute atomic E-state index is 0.141. The molecule has 21 heavy (non-hydrogen) atoms. The number of carboxylic acid groups (broad SMARTS) is 1. The molecule has 0 aliphatic carbocycles. The molecule has 8 heteroatoms. The van der Waals surface area contributed by atoms with Crippen LogP contribution < -0.4 is 4.72 Å². The third-order valence-electron chi connectivity index (χ3n) is 2.85. The zero-order valence-corrected chi connectivity index (χ0v) is 13.0. The van der Waals surface area contributed by atoms with E-state index in [9.17, 15) is 13.2 Å². The number of hydrogen-bond acceptors (Lipinski definition) is 5. The molecule has 0 fully saturated rings. The Morgan fingerprint density at radius 2 is 2.24 bits per heavy atom. The van der Waals surface area contributed by atoms with Crippen LogP contribution in [0.1, 0.15) is 27.4 Å². The van der Waals surface area contributed by atoms with Gasteiger partial charge in [0.25, 0.3) is 0 Å². The molecule has 0 aliphatic rings. The summed E-state index contributed by atoms with van der Waals surface area (Å²) in [5.41, 5.74) is 0.441. The van der Waals surface area contributed by atoms with Crippen LogP contribution in [0.4, 0.5) is 0 Å². The van der Waals surface area contributed by atoms with Crippen molar-refractivity contribution in [2.75, 3.05) is 6.54 Å². The first-order chi connectivity index (χ1) is 9.92. The number of aromatic carboxylic acids is 1. The molecule has 114 valence electrons. The summed E-state index contributed by atoms with van der Waals surface area (Å²) in [6, 6.07) is 3.59. The molecular weight excluding hydrogens is 314 g/mol. The molecule has 2 aromatic heterocycles. The van der Waals surface area contributed by atoms with E-state index >= 15 is 0 Å². The van der Waals surface area contributed by atoms with E-state index in [4.69, 9.17) is 9.52 Å². The van der Waals surface area contributed by atoms with Crippen LogP contribution in [0.5, 0.6) is 0 Å². The number of aryl methyl sites for hydroxylation is 2. The van der Waals surface area contributed by atoms with E-state index in [0.717, 1.165) is 17.1 Å². The monoisotopic (exact) mass is 329 g/mol. The molecule has 0 aromatic carbocycles. The smallest absolute Gasteiger partial charge is 0.347 e. The highest BCUT2D eigenvalue weighted by molar-refractivity contribution is 7.89. The van der Waals surface area contributed by atoms with Crippen LogP contribution in [0.25, 0.3) is 0 Å². The highest BCUT2D eigenvalue weighted by Crippen LogP contribution is 2.26. The predicted molar refractivity (Wildman–Crippen MR) is 78.2 cm³/mol. The molecular formula is C13H15NO5S2. The summed E-state index contributed by atoms with van der Waals surface area (Å²) in [7, 11) is -3.82. The zero-order chi connectivity index (χ0) is 15.5. The largest absolute Gasteiger partial charge is 0.477 e. The Morgan fingerprint density at radius 1 is 1.48 bits per heavy atom. The van der Waals surface area contributed by atoms with Gasteiger partial charge >= 0.3 is 5.97 Å². The summed E-state index contributed by atoms with van der Waals surface area (Å²) < 4.78 is 32.0. The molecule has 0 unspecified atom stereocenters. The lowest BCUT2D eigenvalue weighted by atomic mass is 10.2. The third kappa shape index (κ3) is 3.72. The molecule has 0 saturated carbocycles. The normalized spacial score (nSPS) is 11.7. The van der Waals surface area contributed by atoms with Gasteiger partial charge in [-0.1, -0.05) is 0 Å². The van der Waals surface area contributed by atoms with Crippen LogP contribution in [0.3, 0.4) is 0 Å². The van der Waals surface area contributed by atoms with E-state index in [1.165, 1.54) is 5.38 Å². The Morgan fingerprint density at radius 3 is 2.86 bits per heavy atom. The Kier molecular flexibility index (Phi) is 4.81. The van der Waals surface area contributed by atoms with Crippen LogP contribution in [0.2, 0.25) is 0 Å². The second-order valence-electron chi connectivity index (χ2n) is 4.46. The number of nitrogens with one attached hydrogen (secondary N) is 1. The zero-order valence-electron chi connectivity index (χ0n) is 11.3. The van der Waals surface area contributed by atoms with Gasteiger partial charge in [-0.25, -0.2) is 17.9 Å². The molecule has 0 saturated heterocycles. The Balaban J connectivity index is 2.02. The van der Waals surface area contributed by atoms with Gasteiger partial charge in [-0.05, 0) is 36.4 Å². The summed E-state index contributed by atoms with van der Waals surface area (Å²) in [6.07, 6.45) is 2.75. The average Bonchev–Trinajstić information content (AvgIpc) is 3.03. The van der Waals surface area contributed by atoms with Crippen LogP contribution >= 0.6 is 11.3 Å². The highest BCUT2D eigenvalue weighted by atomic mass is 32.2. The average molecular weight is 329 g/mol. The van der Waals surface area contributed by atoms with Crippen molar-refractivity contribution < 1.29 is 22.7 Å². The van der Waals surface area contributed by atoms with Gasteiger partial charge in [0, 0.05) is 13.0 Å². The maximum Gasteiger partial charge on any atom is 0.347 e. The van der Waals surface area contributed by atoms with E-state index < -0.39 is 16.0 Å². The van der Waals surface area contributed by atoms with Crippen molar-refractivity contribution >= 4 is 27.3 Å². The second-order valence-corrected chi connectivity index (χ2v) is 7.05. The van der Waals surface area contributed by atoms with Crippen molar-refractivity contribution in [1.82, 2.24) is 4.72 Å². The summed E-state index contributed by atoms with van der Waals surface area (Å²) in [6.45, 7) is 1.80. The molecule has 0 radical (unpaired) electrons. The van der Waals surface area contributed by atoms with E-state index in [1.807, 2.05) is 6.07 Å². The lowest BCUT2D eigenvalue weighted by Gasteiger charge is -2.07. The maximum atomic E-state index is 12.2. The van der Waals surface area contributed by atoms with Crippen molar-refractivity contribution in [2.24, 2.45) is 0 Å². The molecule has 0 atom stereocenters. The summed E-state index contributed by atoms with van der Waals surface area (Å²) in [5, 5.41) is 10.6. The first-order valence-corrected chi connectivity index (χ1v) is 8.61. The summed E-state index contributed by atoms with van der Waals surface area (Å²) in [5.74, 6) is -0.448. The SMILES string of the molecule is Cc1csc(C(=O)O)c1S(=O)(=O)NCCCc1ccco1.